The molecular formula is C13H17N3O2. The SMILES string of the molecule is O=C(CN1CCCC2C(=O)NCC21)c1ccc[nH]1. The molecule has 2 atom stereocenters. The van der Waals surface area contributed by atoms with Crippen molar-refractivity contribution in [1.82, 2.24) is 15.2 Å². The zero-order valence-corrected chi connectivity index (χ0v) is 10.2. The van der Waals surface area contributed by atoms with Crippen molar-refractivity contribution in [2.75, 3.05) is 19.6 Å². The molecule has 5 heteroatoms. The largest absolute Gasteiger partial charge is 0.359 e. The number of hydrogen-bond donors (Lipinski definition) is 2. The second-order valence-corrected chi connectivity index (χ2v) is 5.04. The van der Waals surface area contributed by atoms with Crippen LogP contribution in [0.25, 0.3) is 0 Å². The summed E-state index contributed by atoms with van der Waals surface area (Å²) in [6.07, 6.45) is 3.70. The summed E-state index contributed by atoms with van der Waals surface area (Å²) in [6.45, 7) is 1.99. The van der Waals surface area contributed by atoms with E-state index >= 15 is 0 Å². The summed E-state index contributed by atoms with van der Waals surface area (Å²) < 4.78 is 0. The van der Waals surface area contributed by atoms with Crippen molar-refractivity contribution in [2.24, 2.45) is 5.92 Å². The molecule has 2 aliphatic heterocycles. The van der Waals surface area contributed by atoms with Gasteiger partial charge in [-0.1, -0.05) is 0 Å². The Morgan fingerprint density at radius 1 is 1.50 bits per heavy atom. The number of carbonyl (C=O) groups is 2. The van der Waals surface area contributed by atoms with E-state index in [-0.39, 0.29) is 23.7 Å². The molecular weight excluding hydrogens is 230 g/mol. The molecule has 1 aromatic heterocycles. The third-order valence-corrected chi connectivity index (χ3v) is 3.96. The molecule has 18 heavy (non-hydrogen) atoms. The molecule has 2 unspecified atom stereocenters. The lowest BCUT2D eigenvalue weighted by Gasteiger charge is -2.35. The Hall–Kier alpha value is -1.62. The maximum atomic E-state index is 12.1. The zero-order chi connectivity index (χ0) is 12.5. The van der Waals surface area contributed by atoms with Crippen molar-refractivity contribution in [3.63, 3.8) is 0 Å². The number of nitrogens with zero attached hydrogens (tertiary/aromatic N) is 1. The number of rotatable bonds is 3. The van der Waals surface area contributed by atoms with Crippen LogP contribution in [0.4, 0.5) is 0 Å². The highest BCUT2D eigenvalue weighted by Gasteiger charge is 2.41. The Morgan fingerprint density at radius 3 is 3.17 bits per heavy atom. The maximum Gasteiger partial charge on any atom is 0.224 e. The summed E-state index contributed by atoms with van der Waals surface area (Å²) in [7, 11) is 0. The van der Waals surface area contributed by atoms with Crippen LogP contribution in [0, 0.1) is 5.92 Å². The number of piperidine rings is 1. The standard InChI is InChI=1S/C13H17N3O2/c17-12(10-4-1-5-14-10)8-16-6-2-3-9-11(16)7-15-13(9)18/h1,4-5,9,11,14H,2-3,6-8H2,(H,15,18). The highest BCUT2D eigenvalue weighted by Crippen LogP contribution is 2.27. The first-order chi connectivity index (χ1) is 8.75. The molecule has 2 fully saturated rings. The normalized spacial score (nSPS) is 27.9. The van der Waals surface area contributed by atoms with Crippen LogP contribution in [-0.4, -0.2) is 47.3 Å². The average molecular weight is 247 g/mol. The number of Topliss-reactive ketones (excluding diaryl/α,β-unsaturated/α-hetero) is 1. The molecule has 2 aliphatic rings. The molecule has 0 saturated carbocycles. The molecule has 0 spiro atoms. The lowest BCUT2D eigenvalue weighted by atomic mass is 9.91. The van der Waals surface area contributed by atoms with E-state index in [4.69, 9.17) is 0 Å². The summed E-state index contributed by atoms with van der Waals surface area (Å²) >= 11 is 0. The highest BCUT2D eigenvalue weighted by atomic mass is 16.2. The van der Waals surface area contributed by atoms with Gasteiger partial charge in [-0.2, -0.15) is 0 Å². The maximum absolute atomic E-state index is 12.1. The van der Waals surface area contributed by atoms with Gasteiger partial charge < -0.3 is 10.3 Å². The summed E-state index contributed by atoms with van der Waals surface area (Å²) in [5.74, 6) is 0.326. The average Bonchev–Trinajstić information content (AvgIpc) is 3.00. The number of aromatic amines is 1. The summed E-state index contributed by atoms with van der Waals surface area (Å²) in [5, 5.41) is 2.90. The van der Waals surface area contributed by atoms with E-state index in [1.807, 2.05) is 6.07 Å². The van der Waals surface area contributed by atoms with Gasteiger partial charge in [0.25, 0.3) is 0 Å². The van der Waals surface area contributed by atoms with Crippen LogP contribution in [0.3, 0.4) is 0 Å². The van der Waals surface area contributed by atoms with Gasteiger partial charge in [-0.15, -0.1) is 0 Å². The first kappa shape index (κ1) is 11.5. The van der Waals surface area contributed by atoms with Crippen LogP contribution in [0.5, 0.6) is 0 Å². The molecule has 1 aromatic rings. The summed E-state index contributed by atoms with van der Waals surface area (Å²) in [4.78, 5) is 28.8. The minimum atomic E-state index is 0.0789. The van der Waals surface area contributed by atoms with Gasteiger partial charge in [0.2, 0.25) is 5.91 Å². The van der Waals surface area contributed by atoms with Gasteiger partial charge >= 0.3 is 0 Å². The predicted octanol–water partition coefficient (Wildman–Crippen LogP) is 0.408. The van der Waals surface area contributed by atoms with Crippen molar-refractivity contribution in [3.8, 4) is 0 Å². The van der Waals surface area contributed by atoms with E-state index in [2.05, 4.69) is 15.2 Å². The van der Waals surface area contributed by atoms with Gasteiger partial charge in [0.05, 0.1) is 18.2 Å². The molecule has 3 rings (SSSR count). The minimum Gasteiger partial charge on any atom is -0.359 e. The van der Waals surface area contributed by atoms with E-state index in [0.717, 1.165) is 19.4 Å². The van der Waals surface area contributed by atoms with E-state index in [1.54, 1.807) is 12.3 Å². The lowest BCUT2D eigenvalue weighted by molar-refractivity contribution is -0.124. The van der Waals surface area contributed by atoms with Crippen LogP contribution < -0.4 is 5.32 Å². The number of aromatic nitrogens is 1. The molecule has 96 valence electrons. The smallest absolute Gasteiger partial charge is 0.224 e. The number of fused-ring (bicyclic) bond motifs is 1. The Morgan fingerprint density at radius 2 is 2.39 bits per heavy atom. The van der Waals surface area contributed by atoms with Crippen LogP contribution in [0.1, 0.15) is 23.3 Å². The fourth-order valence-electron chi connectivity index (χ4n) is 3.01. The number of amides is 1. The molecule has 0 aromatic carbocycles. The molecule has 0 radical (unpaired) electrons. The fourth-order valence-corrected chi connectivity index (χ4v) is 3.01. The van der Waals surface area contributed by atoms with Crippen LogP contribution in [-0.2, 0) is 4.79 Å². The molecule has 0 bridgehead atoms. The van der Waals surface area contributed by atoms with Crippen LogP contribution in [0.2, 0.25) is 0 Å². The van der Waals surface area contributed by atoms with Gasteiger partial charge in [0.15, 0.2) is 5.78 Å². The predicted molar refractivity (Wildman–Crippen MR) is 66.2 cm³/mol. The third kappa shape index (κ3) is 1.95. The number of carbonyl (C=O) groups excluding carboxylic acids is 2. The lowest BCUT2D eigenvalue weighted by Crippen LogP contribution is -2.47. The molecule has 5 nitrogen and oxygen atoms in total. The van der Waals surface area contributed by atoms with Gasteiger partial charge in [0, 0.05) is 18.8 Å². The van der Waals surface area contributed by atoms with E-state index in [1.165, 1.54) is 0 Å². The topological polar surface area (TPSA) is 65.2 Å². The second kappa shape index (κ2) is 4.57. The number of nitrogens with one attached hydrogen (secondary N) is 2. The number of ketones is 1. The Labute approximate surface area is 106 Å². The Bertz CT molecular complexity index is 455. The summed E-state index contributed by atoms with van der Waals surface area (Å²) in [5.41, 5.74) is 0.648. The molecule has 2 saturated heterocycles. The van der Waals surface area contributed by atoms with E-state index < -0.39 is 0 Å². The number of likely N-dealkylation sites (tertiary alicyclic amines) is 1. The molecule has 2 N–H and O–H groups in total. The molecule has 0 aliphatic carbocycles. The molecule has 3 heterocycles. The summed E-state index contributed by atoms with van der Waals surface area (Å²) in [6, 6.07) is 3.82. The first-order valence-corrected chi connectivity index (χ1v) is 6.44. The third-order valence-electron chi connectivity index (χ3n) is 3.96. The Balaban J connectivity index is 1.69. The van der Waals surface area contributed by atoms with Crippen molar-refractivity contribution >= 4 is 11.7 Å². The Kier molecular flexibility index (Phi) is 2.91. The van der Waals surface area contributed by atoms with E-state index in [0.29, 0.717) is 18.8 Å². The van der Waals surface area contributed by atoms with Crippen LogP contribution >= 0.6 is 0 Å². The minimum absolute atomic E-state index is 0.0789. The van der Waals surface area contributed by atoms with Crippen molar-refractivity contribution < 1.29 is 9.59 Å². The van der Waals surface area contributed by atoms with Gasteiger partial charge in [-0.05, 0) is 31.5 Å². The fraction of sp³-hybridized carbons (Fsp3) is 0.538. The zero-order valence-electron chi connectivity index (χ0n) is 10.2. The van der Waals surface area contributed by atoms with Crippen molar-refractivity contribution in [2.45, 2.75) is 18.9 Å². The van der Waals surface area contributed by atoms with Gasteiger partial charge in [-0.3, -0.25) is 14.5 Å². The number of hydrogen-bond acceptors (Lipinski definition) is 3. The highest BCUT2D eigenvalue weighted by molar-refractivity contribution is 5.96. The first-order valence-electron chi connectivity index (χ1n) is 6.44. The van der Waals surface area contributed by atoms with Crippen LogP contribution in [0.15, 0.2) is 18.3 Å². The van der Waals surface area contributed by atoms with E-state index in [9.17, 15) is 9.59 Å². The molecule has 1 amide bonds. The van der Waals surface area contributed by atoms with Crippen molar-refractivity contribution in [1.29, 1.82) is 0 Å². The van der Waals surface area contributed by atoms with Gasteiger partial charge in [-0.25, -0.2) is 0 Å². The quantitative estimate of drug-likeness (QED) is 0.760. The number of H-pyrrole nitrogens is 1. The monoisotopic (exact) mass is 247 g/mol. The second-order valence-electron chi connectivity index (χ2n) is 5.04. The van der Waals surface area contributed by atoms with Crippen molar-refractivity contribution in [3.05, 3.63) is 24.0 Å². The van der Waals surface area contributed by atoms with Gasteiger partial charge in [0.1, 0.15) is 0 Å².